The van der Waals surface area contributed by atoms with Gasteiger partial charge in [0.1, 0.15) is 4.90 Å². The van der Waals surface area contributed by atoms with Crippen LogP contribution in [0, 0.1) is 0 Å². The average Bonchev–Trinajstić information content (AvgIpc) is 2.97. The van der Waals surface area contributed by atoms with E-state index in [1.54, 1.807) is 6.07 Å². The Bertz CT molecular complexity index is 833. The summed E-state index contributed by atoms with van der Waals surface area (Å²) >= 11 is 0.994. The van der Waals surface area contributed by atoms with Crippen molar-refractivity contribution in [1.82, 2.24) is 14.3 Å². The molecule has 2 aromatic heterocycles. The van der Waals surface area contributed by atoms with Crippen molar-refractivity contribution >= 4 is 26.7 Å². The summed E-state index contributed by atoms with van der Waals surface area (Å²) in [5.74, 6) is 0.490. The maximum Gasteiger partial charge on any atom is 0.265 e. The number of sulfonamides is 1. The van der Waals surface area contributed by atoms with Crippen LogP contribution in [0.3, 0.4) is 0 Å². The normalized spacial score (nSPS) is 11.2. The summed E-state index contributed by atoms with van der Waals surface area (Å²) in [6, 6.07) is 12.4. The summed E-state index contributed by atoms with van der Waals surface area (Å²) in [7, 11) is -3.69. The van der Waals surface area contributed by atoms with Crippen molar-refractivity contribution in [3.8, 4) is 11.4 Å². The summed E-state index contributed by atoms with van der Waals surface area (Å²) in [5.41, 5.74) is 0.834. The highest BCUT2D eigenvalue weighted by Gasteiger charge is 2.17. The highest BCUT2D eigenvalue weighted by atomic mass is 32.2. The molecule has 1 N–H and O–H groups in total. The van der Waals surface area contributed by atoms with E-state index in [-0.39, 0.29) is 10.0 Å². The minimum atomic E-state index is -3.69. The Morgan fingerprint density at radius 3 is 2.57 bits per heavy atom. The lowest BCUT2D eigenvalue weighted by atomic mass is 10.2. The molecule has 0 aliphatic carbocycles. The Morgan fingerprint density at radius 1 is 1.05 bits per heavy atom. The van der Waals surface area contributed by atoms with Gasteiger partial charge < -0.3 is 0 Å². The number of rotatable bonds is 4. The first-order chi connectivity index (χ1) is 10.1. The van der Waals surface area contributed by atoms with Crippen molar-refractivity contribution in [2.45, 2.75) is 4.90 Å². The molecule has 0 saturated carbocycles. The minimum absolute atomic E-state index is 0.0847. The summed E-state index contributed by atoms with van der Waals surface area (Å²) in [6.45, 7) is 0. The van der Waals surface area contributed by atoms with Gasteiger partial charge in [-0.1, -0.05) is 30.3 Å². The molecule has 2 heterocycles. The smallest absolute Gasteiger partial charge is 0.263 e. The molecular formula is C13H10N4O2S2. The molecule has 0 unspecified atom stereocenters. The molecule has 106 valence electrons. The molecule has 1 aromatic carbocycles. The maximum absolute atomic E-state index is 12.1. The van der Waals surface area contributed by atoms with Gasteiger partial charge in [0, 0.05) is 29.5 Å². The standard InChI is InChI=1S/C13H10N4O2S2/c18-21(19,11-7-4-8-14-9-11)17-13-15-12(16-20-13)10-5-2-1-3-6-10/h1-9H,(H,15,16,17). The lowest BCUT2D eigenvalue weighted by Gasteiger charge is -2.03. The SMILES string of the molecule is O=S(=O)(Nc1nc(-c2ccccc2)ns1)c1cccnc1. The van der Waals surface area contributed by atoms with Crippen LogP contribution in [0.25, 0.3) is 11.4 Å². The Hall–Kier alpha value is -2.32. The van der Waals surface area contributed by atoms with Crippen LogP contribution in [0.5, 0.6) is 0 Å². The van der Waals surface area contributed by atoms with Crippen LogP contribution in [-0.2, 0) is 10.0 Å². The number of benzene rings is 1. The van der Waals surface area contributed by atoms with Crippen LogP contribution >= 0.6 is 11.5 Å². The topological polar surface area (TPSA) is 84.8 Å². The van der Waals surface area contributed by atoms with E-state index in [1.165, 1.54) is 18.5 Å². The quantitative estimate of drug-likeness (QED) is 0.798. The van der Waals surface area contributed by atoms with Gasteiger partial charge in [-0.05, 0) is 12.1 Å². The van der Waals surface area contributed by atoms with Gasteiger partial charge in [0.05, 0.1) is 0 Å². The fourth-order valence-corrected chi connectivity index (χ4v) is 3.42. The van der Waals surface area contributed by atoms with Crippen molar-refractivity contribution in [1.29, 1.82) is 0 Å². The lowest BCUT2D eigenvalue weighted by molar-refractivity contribution is 0.601. The Balaban J connectivity index is 1.85. The first-order valence-corrected chi connectivity index (χ1v) is 8.23. The van der Waals surface area contributed by atoms with Gasteiger partial charge >= 0.3 is 0 Å². The molecule has 6 nitrogen and oxygen atoms in total. The highest BCUT2D eigenvalue weighted by Crippen LogP contribution is 2.22. The van der Waals surface area contributed by atoms with Crippen molar-refractivity contribution in [3.63, 3.8) is 0 Å². The minimum Gasteiger partial charge on any atom is -0.263 e. The lowest BCUT2D eigenvalue weighted by Crippen LogP contribution is -2.12. The van der Waals surface area contributed by atoms with Gasteiger partial charge in [-0.3, -0.25) is 9.71 Å². The molecule has 0 spiro atoms. The van der Waals surface area contributed by atoms with E-state index in [9.17, 15) is 8.42 Å². The van der Waals surface area contributed by atoms with Crippen molar-refractivity contribution in [2.75, 3.05) is 4.72 Å². The van der Waals surface area contributed by atoms with Crippen LogP contribution in [0.2, 0.25) is 0 Å². The van der Waals surface area contributed by atoms with E-state index < -0.39 is 10.0 Å². The number of anilines is 1. The summed E-state index contributed by atoms with van der Waals surface area (Å²) in [4.78, 5) is 8.07. The molecular weight excluding hydrogens is 308 g/mol. The van der Waals surface area contributed by atoms with Crippen molar-refractivity contribution in [3.05, 3.63) is 54.9 Å². The Labute approximate surface area is 125 Å². The molecule has 0 bridgehead atoms. The number of aromatic nitrogens is 3. The summed E-state index contributed by atoms with van der Waals surface area (Å²) in [6.07, 6.45) is 2.79. The van der Waals surface area contributed by atoms with Gasteiger partial charge in [-0.2, -0.15) is 9.36 Å². The molecule has 8 heteroatoms. The van der Waals surface area contributed by atoms with Gasteiger partial charge in [0.2, 0.25) is 5.13 Å². The molecule has 0 aliphatic rings. The zero-order valence-corrected chi connectivity index (χ0v) is 12.3. The second kappa shape index (κ2) is 5.58. The summed E-state index contributed by atoms with van der Waals surface area (Å²) in [5, 5.41) is 0.220. The van der Waals surface area contributed by atoms with Gasteiger partial charge in [0.25, 0.3) is 10.0 Å². The van der Waals surface area contributed by atoms with Crippen LogP contribution in [-0.4, -0.2) is 22.8 Å². The van der Waals surface area contributed by atoms with Crippen molar-refractivity contribution in [2.24, 2.45) is 0 Å². The molecule has 0 aliphatic heterocycles. The third-order valence-corrected chi connectivity index (χ3v) is 4.71. The van der Waals surface area contributed by atoms with Crippen LogP contribution < -0.4 is 4.72 Å². The average molecular weight is 318 g/mol. The number of pyridine rings is 1. The van der Waals surface area contributed by atoms with Crippen LogP contribution in [0.1, 0.15) is 0 Å². The Morgan fingerprint density at radius 2 is 1.86 bits per heavy atom. The molecule has 3 aromatic rings. The van der Waals surface area contributed by atoms with E-state index in [2.05, 4.69) is 19.1 Å². The number of nitrogens with zero attached hydrogens (tertiary/aromatic N) is 3. The van der Waals surface area contributed by atoms with E-state index in [4.69, 9.17) is 0 Å². The van der Waals surface area contributed by atoms with Crippen LogP contribution in [0.15, 0.2) is 59.8 Å². The number of hydrogen-bond donors (Lipinski definition) is 1. The number of nitrogens with one attached hydrogen (secondary N) is 1. The first kappa shape index (κ1) is 13.7. The highest BCUT2D eigenvalue weighted by molar-refractivity contribution is 7.93. The Kier molecular flexibility index (Phi) is 3.63. The molecule has 21 heavy (non-hydrogen) atoms. The first-order valence-electron chi connectivity index (χ1n) is 5.97. The van der Waals surface area contributed by atoms with Crippen molar-refractivity contribution < 1.29 is 8.42 Å². The van der Waals surface area contributed by atoms with Gasteiger partial charge in [-0.25, -0.2) is 8.42 Å². The second-order valence-corrected chi connectivity index (χ2v) is 6.52. The zero-order chi connectivity index (χ0) is 14.7. The second-order valence-electron chi connectivity index (χ2n) is 4.08. The largest absolute Gasteiger partial charge is 0.265 e. The van der Waals surface area contributed by atoms with Gasteiger partial charge in [0.15, 0.2) is 5.82 Å². The predicted molar refractivity (Wildman–Crippen MR) is 80.4 cm³/mol. The molecule has 0 saturated heterocycles. The van der Waals surface area contributed by atoms with Gasteiger partial charge in [-0.15, -0.1) is 0 Å². The third-order valence-electron chi connectivity index (χ3n) is 2.62. The molecule has 0 fully saturated rings. The van der Waals surface area contributed by atoms with E-state index in [0.717, 1.165) is 17.1 Å². The molecule has 0 atom stereocenters. The third kappa shape index (κ3) is 3.06. The van der Waals surface area contributed by atoms with E-state index >= 15 is 0 Å². The monoisotopic (exact) mass is 318 g/mol. The molecule has 0 radical (unpaired) electrons. The maximum atomic E-state index is 12.1. The fourth-order valence-electron chi connectivity index (χ4n) is 1.65. The molecule has 3 rings (SSSR count). The van der Waals surface area contributed by atoms with Crippen LogP contribution in [0.4, 0.5) is 5.13 Å². The predicted octanol–water partition coefficient (Wildman–Crippen LogP) is 2.40. The van der Waals surface area contributed by atoms with E-state index in [0.29, 0.717) is 5.82 Å². The fraction of sp³-hybridized carbons (Fsp3) is 0. The number of hydrogen-bond acceptors (Lipinski definition) is 6. The summed E-state index contributed by atoms with van der Waals surface area (Å²) < 4.78 is 30.8. The zero-order valence-electron chi connectivity index (χ0n) is 10.7. The molecule has 0 amide bonds. The van der Waals surface area contributed by atoms with E-state index in [1.807, 2.05) is 30.3 Å².